The monoisotopic (exact) mass is 430 g/mol. The van der Waals surface area contributed by atoms with Crippen LogP contribution in [0.3, 0.4) is 0 Å². The van der Waals surface area contributed by atoms with Crippen LogP contribution in [-0.4, -0.2) is 38.9 Å². The first-order valence-corrected chi connectivity index (χ1v) is 12.1. The minimum Gasteiger partial charge on any atom is -0.477 e. The van der Waals surface area contributed by atoms with Crippen LogP contribution in [0.2, 0.25) is 0 Å². The zero-order chi connectivity index (χ0) is 21.7. The van der Waals surface area contributed by atoms with Crippen molar-refractivity contribution in [3.8, 4) is 5.69 Å². The predicted octanol–water partition coefficient (Wildman–Crippen LogP) is 5.55. The molecule has 2 aliphatic carbocycles. The Balaban J connectivity index is 1.51. The highest BCUT2D eigenvalue weighted by Crippen LogP contribution is 2.48. The van der Waals surface area contributed by atoms with Crippen LogP contribution in [0.25, 0.3) is 16.7 Å². The van der Waals surface area contributed by atoms with Crippen LogP contribution in [0, 0.1) is 5.41 Å². The molecule has 3 heterocycles. The number of hydrogen-bond donors (Lipinski definition) is 1. The zero-order valence-corrected chi connectivity index (χ0v) is 18.5. The molecular formula is C26H30N4O2. The second-order valence-electron chi connectivity index (χ2n) is 9.98. The van der Waals surface area contributed by atoms with Crippen molar-refractivity contribution in [3.63, 3.8) is 0 Å². The maximum atomic E-state index is 12.0. The highest BCUT2D eigenvalue weighted by Gasteiger charge is 2.38. The molecule has 1 aliphatic heterocycles. The van der Waals surface area contributed by atoms with E-state index < -0.39 is 5.97 Å². The molecular weight excluding hydrogens is 400 g/mol. The summed E-state index contributed by atoms with van der Waals surface area (Å²) in [5.41, 5.74) is 4.33. The maximum absolute atomic E-state index is 12.0. The molecule has 1 spiro atoms. The quantitative estimate of drug-likeness (QED) is 0.588. The second-order valence-corrected chi connectivity index (χ2v) is 9.98. The van der Waals surface area contributed by atoms with E-state index >= 15 is 0 Å². The van der Waals surface area contributed by atoms with E-state index in [1.807, 2.05) is 35.0 Å². The van der Waals surface area contributed by atoms with Gasteiger partial charge in [-0.25, -0.2) is 14.5 Å². The van der Waals surface area contributed by atoms with Crippen LogP contribution in [0.5, 0.6) is 0 Å². The van der Waals surface area contributed by atoms with E-state index in [4.69, 9.17) is 5.10 Å². The lowest BCUT2D eigenvalue weighted by Gasteiger charge is -2.41. The minimum atomic E-state index is -0.983. The van der Waals surface area contributed by atoms with Gasteiger partial charge in [0.05, 0.1) is 22.5 Å². The van der Waals surface area contributed by atoms with E-state index in [2.05, 4.69) is 9.88 Å². The summed E-state index contributed by atoms with van der Waals surface area (Å²) in [5.74, 6) is -0.548. The summed E-state index contributed by atoms with van der Waals surface area (Å²) in [6, 6.07) is 11.8. The molecule has 1 N–H and O–H groups in total. The average Bonchev–Trinajstić information content (AvgIpc) is 3.38. The highest BCUT2D eigenvalue weighted by molar-refractivity contribution is 5.98. The van der Waals surface area contributed by atoms with Crippen molar-refractivity contribution in [2.45, 2.75) is 63.7 Å². The molecule has 0 atom stereocenters. The molecule has 2 saturated carbocycles. The number of carbonyl (C=O) groups is 1. The fourth-order valence-electron chi connectivity index (χ4n) is 6.05. The normalized spacial score (nSPS) is 20.7. The fraction of sp³-hybridized carbons (Fsp3) is 0.500. The number of carboxylic acid groups (broad SMARTS) is 1. The van der Waals surface area contributed by atoms with Crippen LogP contribution >= 0.6 is 0 Å². The number of nitrogens with zero attached hydrogens (tertiary/aromatic N) is 4. The Hall–Kier alpha value is -2.89. The third-order valence-corrected chi connectivity index (χ3v) is 8.18. The molecule has 0 unspecified atom stereocenters. The predicted molar refractivity (Wildman–Crippen MR) is 125 cm³/mol. The number of anilines is 1. The van der Waals surface area contributed by atoms with Gasteiger partial charge in [0.2, 0.25) is 0 Å². The summed E-state index contributed by atoms with van der Waals surface area (Å²) >= 11 is 0. The van der Waals surface area contributed by atoms with Gasteiger partial charge >= 0.3 is 5.97 Å². The van der Waals surface area contributed by atoms with Gasteiger partial charge in [0.15, 0.2) is 11.3 Å². The third-order valence-electron chi connectivity index (χ3n) is 8.18. The number of piperidine rings is 1. The van der Waals surface area contributed by atoms with Crippen molar-refractivity contribution in [2.75, 3.05) is 18.0 Å². The number of rotatable bonds is 4. The van der Waals surface area contributed by atoms with E-state index in [1.165, 1.54) is 44.9 Å². The lowest BCUT2D eigenvalue weighted by Crippen LogP contribution is -2.39. The molecule has 6 nitrogen and oxygen atoms in total. The van der Waals surface area contributed by atoms with Crippen molar-refractivity contribution < 1.29 is 9.90 Å². The number of benzene rings is 1. The van der Waals surface area contributed by atoms with Gasteiger partial charge in [0.1, 0.15) is 0 Å². The Bertz CT molecular complexity index is 1150. The van der Waals surface area contributed by atoms with E-state index in [9.17, 15) is 9.90 Å². The number of carboxylic acids is 1. The van der Waals surface area contributed by atoms with Crippen molar-refractivity contribution in [2.24, 2.45) is 5.41 Å². The van der Waals surface area contributed by atoms with Crippen molar-refractivity contribution in [1.29, 1.82) is 0 Å². The summed E-state index contributed by atoms with van der Waals surface area (Å²) in [6.45, 7) is 1.97. The second kappa shape index (κ2) is 7.61. The van der Waals surface area contributed by atoms with E-state index in [1.54, 1.807) is 6.07 Å². The number of hydrogen-bond acceptors (Lipinski definition) is 4. The van der Waals surface area contributed by atoms with Crippen LogP contribution in [0.15, 0.2) is 36.4 Å². The van der Waals surface area contributed by atoms with Crippen molar-refractivity contribution >= 4 is 22.7 Å². The van der Waals surface area contributed by atoms with E-state index in [0.29, 0.717) is 17.0 Å². The average molecular weight is 431 g/mol. The Kier molecular flexibility index (Phi) is 4.70. The highest BCUT2D eigenvalue weighted by atomic mass is 16.4. The minimum absolute atomic E-state index is 0.103. The summed E-state index contributed by atoms with van der Waals surface area (Å²) in [7, 11) is 0. The SMILES string of the molecule is O=C(O)c1cc(N2CCC3(CCCC3)CC2)c2c(C3CCC3)nn(-c3ccccc3)c2n1. The van der Waals surface area contributed by atoms with Gasteiger partial charge in [0, 0.05) is 19.0 Å². The largest absolute Gasteiger partial charge is 0.477 e. The first-order valence-electron chi connectivity index (χ1n) is 12.1. The Morgan fingerprint density at radius 2 is 1.72 bits per heavy atom. The number of pyridine rings is 1. The smallest absolute Gasteiger partial charge is 0.354 e. The zero-order valence-electron chi connectivity index (χ0n) is 18.5. The van der Waals surface area contributed by atoms with Gasteiger partial charge in [-0.05, 0) is 62.1 Å². The van der Waals surface area contributed by atoms with E-state index in [0.717, 1.165) is 48.4 Å². The van der Waals surface area contributed by atoms with Gasteiger partial charge in [-0.3, -0.25) is 0 Å². The van der Waals surface area contributed by atoms with Gasteiger partial charge < -0.3 is 10.0 Å². The van der Waals surface area contributed by atoms with Crippen LogP contribution in [0.4, 0.5) is 5.69 Å². The fourth-order valence-corrected chi connectivity index (χ4v) is 6.05. The Labute approximate surface area is 188 Å². The summed E-state index contributed by atoms with van der Waals surface area (Å²) in [5, 5.41) is 16.0. The molecule has 2 aromatic heterocycles. The molecule has 6 heteroatoms. The Morgan fingerprint density at radius 3 is 2.34 bits per heavy atom. The first-order chi connectivity index (χ1) is 15.6. The summed E-state index contributed by atoms with van der Waals surface area (Å²) < 4.78 is 1.86. The van der Waals surface area contributed by atoms with Crippen molar-refractivity contribution in [1.82, 2.24) is 14.8 Å². The standard InChI is InChI=1S/C26H30N4O2/c31-25(32)20-17-21(29-15-13-26(14-16-29)11-4-5-12-26)22-23(18-7-6-8-18)28-30(24(22)27-20)19-9-2-1-3-10-19/h1-3,9-10,17-18H,4-8,11-16H2,(H,31,32). The van der Waals surface area contributed by atoms with Gasteiger partial charge in [0.25, 0.3) is 0 Å². The van der Waals surface area contributed by atoms with Gasteiger partial charge in [-0.1, -0.05) is 37.5 Å². The number of fused-ring (bicyclic) bond motifs is 1. The van der Waals surface area contributed by atoms with E-state index in [-0.39, 0.29) is 5.69 Å². The molecule has 1 aromatic carbocycles. The molecule has 6 rings (SSSR count). The molecule has 3 aromatic rings. The number of aromatic carboxylic acids is 1. The molecule has 3 aliphatic rings. The van der Waals surface area contributed by atoms with Gasteiger partial charge in [-0.15, -0.1) is 0 Å². The number of aromatic nitrogens is 3. The Morgan fingerprint density at radius 1 is 1.00 bits per heavy atom. The maximum Gasteiger partial charge on any atom is 0.354 e. The molecule has 32 heavy (non-hydrogen) atoms. The molecule has 166 valence electrons. The topological polar surface area (TPSA) is 71.2 Å². The summed E-state index contributed by atoms with van der Waals surface area (Å²) in [6.07, 6.45) is 11.3. The molecule has 3 fully saturated rings. The lowest BCUT2D eigenvalue weighted by molar-refractivity contribution is 0.0691. The van der Waals surface area contributed by atoms with Crippen LogP contribution in [0.1, 0.15) is 79.9 Å². The molecule has 0 radical (unpaired) electrons. The molecule has 0 amide bonds. The molecule has 1 saturated heterocycles. The van der Waals surface area contributed by atoms with Gasteiger partial charge in [-0.2, -0.15) is 5.10 Å². The molecule has 0 bridgehead atoms. The van der Waals surface area contributed by atoms with Crippen molar-refractivity contribution in [3.05, 3.63) is 47.8 Å². The third kappa shape index (κ3) is 3.19. The summed E-state index contributed by atoms with van der Waals surface area (Å²) in [4.78, 5) is 19.1. The van der Waals surface area contributed by atoms with Crippen LogP contribution in [-0.2, 0) is 0 Å². The first kappa shape index (κ1) is 19.8. The van der Waals surface area contributed by atoms with Crippen LogP contribution < -0.4 is 4.90 Å². The lowest BCUT2D eigenvalue weighted by atomic mass is 9.77. The number of para-hydroxylation sites is 1.